The van der Waals surface area contributed by atoms with Crippen molar-refractivity contribution in [3.8, 4) is 0 Å². The molecule has 1 unspecified atom stereocenters. The molecular formula is C20H40O6. The second-order valence-corrected chi connectivity index (χ2v) is 7.45. The van der Waals surface area contributed by atoms with Crippen molar-refractivity contribution in [3.63, 3.8) is 0 Å². The zero-order valence-corrected chi connectivity index (χ0v) is 16.4. The molecule has 0 saturated carbocycles. The van der Waals surface area contributed by atoms with Crippen LogP contribution in [0.4, 0.5) is 0 Å². The number of rotatable bonds is 15. The van der Waals surface area contributed by atoms with Crippen LogP contribution in [0.3, 0.4) is 0 Å². The van der Waals surface area contributed by atoms with Gasteiger partial charge in [-0.05, 0) is 6.42 Å². The summed E-state index contributed by atoms with van der Waals surface area (Å²) in [7, 11) is 0. The highest BCUT2D eigenvalue weighted by Gasteiger charge is 2.44. The van der Waals surface area contributed by atoms with Crippen molar-refractivity contribution in [1.29, 1.82) is 0 Å². The van der Waals surface area contributed by atoms with Gasteiger partial charge in [0.2, 0.25) is 0 Å². The van der Waals surface area contributed by atoms with Crippen LogP contribution >= 0.6 is 0 Å². The van der Waals surface area contributed by atoms with Gasteiger partial charge in [-0.25, -0.2) is 0 Å². The van der Waals surface area contributed by atoms with E-state index in [-0.39, 0.29) is 0 Å². The molecule has 156 valence electrons. The van der Waals surface area contributed by atoms with Crippen molar-refractivity contribution >= 4 is 0 Å². The van der Waals surface area contributed by atoms with Crippen molar-refractivity contribution < 1.29 is 29.9 Å². The minimum atomic E-state index is -1.44. The lowest BCUT2D eigenvalue weighted by atomic mass is 9.99. The Hall–Kier alpha value is -0.240. The third kappa shape index (κ3) is 9.11. The van der Waals surface area contributed by atoms with Gasteiger partial charge < -0.3 is 29.9 Å². The minimum absolute atomic E-state index is 0.418. The van der Waals surface area contributed by atoms with E-state index in [1.807, 2.05) is 0 Å². The van der Waals surface area contributed by atoms with Gasteiger partial charge in [0.05, 0.1) is 6.61 Å². The second kappa shape index (κ2) is 14.8. The van der Waals surface area contributed by atoms with Crippen LogP contribution in [0.1, 0.15) is 84.0 Å². The first-order valence-electron chi connectivity index (χ1n) is 10.5. The molecule has 26 heavy (non-hydrogen) atoms. The van der Waals surface area contributed by atoms with Crippen molar-refractivity contribution in [2.75, 3.05) is 13.2 Å². The summed E-state index contributed by atoms with van der Waals surface area (Å²) in [5.74, 6) is 0. The lowest BCUT2D eigenvalue weighted by Crippen LogP contribution is -2.59. The van der Waals surface area contributed by atoms with Gasteiger partial charge in [0.15, 0.2) is 6.29 Å². The number of aliphatic hydroxyl groups is 4. The first kappa shape index (κ1) is 23.8. The van der Waals surface area contributed by atoms with E-state index in [4.69, 9.17) is 14.6 Å². The predicted octanol–water partition coefficient (Wildman–Crippen LogP) is 2.50. The number of unbranched alkanes of at least 4 members (excludes halogenated alkanes) is 11. The van der Waals surface area contributed by atoms with Gasteiger partial charge in [-0.3, -0.25) is 0 Å². The number of hydrogen-bond donors (Lipinski definition) is 4. The van der Waals surface area contributed by atoms with Gasteiger partial charge in [0.1, 0.15) is 24.4 Å². The SMILES string of the molecule is CCCCCCCCCCCCCCO[C@H]1[C@H](O)[C@@H](CO)OC(O)[C@@H]1O. The van der Waals surface area contributed by atoms with Crippen LogP contribution in [0.2, 0.25) is 0 Å². The predicted molar refractivity (Wildman–Crippen MR) is 101 cm³/mol. The van der Waals surface area contributed by atoms with E-state index >= 15 is 0 Å². The van der Waals surface area contributed by atoms with Gasteiger partial charge in [-0.1, -0.05) is 77.6 Å². The molecule has 0 aromatic heterocycles. The molecule has 1 saturated heterocycles. The third-order valence-corrected chi connectivity index (χ3v) is 5.15. The summed E-state index contributed by atoms with van der Waals surface area (Å²) in [6.45, 7) is 2.23. The van der Waals surface area contributed by atoms with Crippen LogP contribution in [0.5, 0.6) is 0 Å². The van der Waals surface area contributed by atoms with Crippen LogP contribution in [0.15, 0.2) is 0 Å². The molecule has 1 aliphatic heterocycles. The molecule has 1 heterocycles. The van der Waals surface area contributed by atoms with Crippen LogP contribution < -0.4 is 0 Å². The molecule has 4 N–H and O–H groups in total. The Morgan fingerprint density at radius 3 is 1.73 bits per heavy atom. The Balaban J connectivity index is 1.98. The highest BCUT2D eigenvalue weighted by molar-refractivity contribution is 4.89. The molecule has 1 fully saturated rings. The quantitative estimate of drug-likeness (QED) is 0.328. The zero-order chi connectivity index (χ0) is 19.2. The Morgan fingerprint density at radius 1 is 0.731 bits per heavy atom. The fourth-order valence-electron chi connectivity index (χ4n) is 3.43. The maximum atomic E-state index is 10.0. The van der Waals surface area contributed by atoms with Gasteiger partial charge in [-0.2, -0.15) is 0 Å². The molecule has 0 amide bonds. The van der Waals surface area contributed by atoms with Crippen molar-refractivity contribution in [1.82, 2.24) is 0 Å². The van der Waals surface area contributed by atoms with Gasteiger partial charge >= 0.3 is 0 Å². The first-order chi connectivity index (χ1) is 12.6. The van der Waals surface area contributed by atoms with Crippen molar-refractivity contribution in [2.45, 2.75) is 115 Å². The summed E-state index contributed by atoms with van der Waals surface area (Å²) >= 11 is 0. The lowest BCUT2D eigenvalue weighted by Gasteiger charge is -2.39. The average Bonchev–Trinajstić information content (AvgIpc) is 2.64. The molecule has 0 radical (unpaired) electrons. The van der Waals surface area contributed by atoms with E-state index in [0.29, 0.717) is 6.61 Å². The highest BCUT2D eigenvalue weighted by atomic mass is 16.6. The van der Waals surface area contributed by atoms with Crippen LogP contribution in [0.25, 0.3) is 0 Å². The average molecular weight is 377 g/mol. The Labute approximate surface area is 158 Å². The van der Waals surface area contributed by atoms with E-state index in [9.17, 15) is 15.3 Å². The molecule has 6 heteroatoms. The number of aliphatic hydroxyl groups excluding tert-OH is 4. The van der Waals surface area contributed by atoms with E-state index in [1.54, 1.807) is 0 Å². The van der Waals surface area contributed by atoms with Gasteiger partial charge in [0, 0.05) is 6.61 Å². The Morgan fingerprint density at radius 2 is 1.23 bits per heavy atom. The van der Waals surface area contributed by atoms with E-state index in [1.165, 1.54) is 64.2 Å². The summed E-state index contributed by atoms with van der Waals surface area (Å²) in [5, 5.41) is 38.6. The van der Waals surface area contributed by atoms with E-state index in [2.05, 4.69) is 6.92 Å². The van der Waals surface area contributed by atoms with Gasteiger partial charge in [0.25, 0.3) is 0 Å². The molecule has 0 aromatic carbocycles. The molecule has 0 bridgehead atoms. The fourth-order valence-corrected chi connectivity index (χ4v) is 3.43. The summed E-state index contributed by atoms with van der Waals surface area (Å²) in [5.41, 5.74) is 0. The van der Waals surface area contributed by atoms with Crippen molar-refractivity contribution in [3.05, 3.63) is 0 Å². The second-order valence-electron chi connectivity index (χ2n) is 7.45. The molecular weight excluding hydrogens is 336 g/mol. The summed E-state index contributed by atoms with van der Waals surface area (Å²) in [6, 6.07) is 0. The molecule has 0 aliphatic carbocycles. The molecule has 6 nitrogen and oxygen atoms in total. The monoisotopic (exact) mass is 376 g/mol. The number of hydrogen-bond acceptors (Lipinski definition) is 6. The Kier molecular flexibility index (Phi) is 13.5. The van der Waals surface area contributed by atoms with Crippen LogP contribution in [-0.2, 0) is 9.47 Å². The fraction of sp³-hybridized carbons (Fsp3) is 1.00. The highest BCUT2D eigenvalue weighted by Crippen LogP contribution is 2.22. The first-order valence-corrected chi connectivity index (χ1v) is 10.5. The zero-order valence-electron chi connectivity index (χ0n) is 16.4. The lowest BCUT2D eigenvalue weighted by molar-refractivity contribution is -0.294. The molecule has 5 atom stereocenters. The molecule has 0 spiro atoms. The standard InChI is InChI=1S/C20H40O6/c1-2-3-4-5-6-7-8-9-10-11-12-13-14-25-19-17(22)16(15-21)26-20(24)18(19)23/h16-24H,2-15H2,1H3/t16-,17-,18-,19+,20?/m1/s1. The van der Waals surface area contributed by atoms with Crippen LogP contribution in [-0.4, -0.2) is 64.3 Å². The normalized spacial score (nSPS) is 29.2. The Bertz CT molecular complexity index is 327. The minimum Gasteiger partial charge on any atom is -0.394 e. The molecule has 1 rings (SSSR count). The van der Waals surface area contributed by atoms with Crippen LogP contribution in [0, 0.1) is 0 Å². The maximum absolute atomic E-state index is 10.0. The summed E-state index contributed by atoms with van der Waals surface area (Å²) < 4.78 is 10.5. The van der Waals surface area contributed by atoms with E-state index in [0.717, 1.165) is 12.8 Å². The third-order valence-electron chi connectivity index (χ3n) is 5.15. The number of ether oxygens (including phenoxy) is 2. The topological polar surface area (TPSA) is 99.4 Å². The smallest absolute Gasteiger partial charge is 0.184 e. The maximum Gasteiger partial charge on any atom is 0.184 e. The molecule has 1 aliphatic rings. The summed E-state index contributed by atoms with van der Waals surface area (Å²) in [4.78, 5) is 0. The molecule has 0 aromatic rings. The van der Waals surface area contributed by atoms with Gasteiger partial charge in [-0.15, -0.1) is 0 Å². The largest absolute Gasteiger partial charge is 0.394 e. The summed E-state index contributed by atoms with van der Waals surface area (Å²) in [6.07, 6.45) is 9.32. The van der Waals surface area contributed by atoms with Crippen molar-refractivity contribution in [2.24, 2.45) is 0 Å². The van der Waals surface area contributed by atoms with E-state index < -0.39 is 37.3 Å².